The molecule has 0 aromatic heterocycles. The van der Waals surface area contributed by atoms with Crippen molar-refractivity contribution in [3.63, 3.8) is 0 Å². The molecule has 1 aliphatic rings. The van der Waals surface area contributed by atoms with Crippen molar-refractivity contribution in [2.24, 2.45) is 0 Å². The lowest BCUT2D eigenvalue weighted by Gasteiger charge is -2.21. The molecular formula is C18H23NO5. The van der Waals surface area contributed by atoms with Gasteiger partial charge in [0, 0.05) is 24.4 Å². The Hall–Kier alpha value is -2.50. The van der Waals surface area contributed by atoms with Crippen LogP contribution in [0.5, 0.6) is 11.5 Å². The number of esters is 1. The number of carbonyl (C=O) groups is 2. The minimum absolute atomic E-state index is 0.0802. The average Bonchev–Trinajstić information content (AvgIpc) is 2.93. The van der Waals surface area contributed by atoms with E-state index in [0.29, 0.717) is 29.2 Å². The zero-order valence-electron chi connectivity index (χ0n) is 14.7. The number of hydrogen-bond acceptors (Lipinski definition) is 6. The molecule has 0 spiro atoms. The van der Waals surface area contributed by atoms with Gasteiger partial charge < -0.3 is 19.1 Å². The quantitative estimate of drug-likeness (QED) is 0.271. The molecule has 1 heterocycles. The Morgan fingerprint density at radius 3 is 2.29 bits per heavy atom. The van der Waals surface area contributed by atoms with Crippen LogP contribution in [0.15, 0.2) is 29.5 Å². The van der Waals surface area contributed by atoms with E-state index in [2.05, 4.69) is 6.92 Å². The van der Waals surface area contributed by atoms with Gasteiger partial charge >= 0.3 is 5.97 Å². The largest absolute Gasteiger partial charge is 0.493 e. The Labute approximate surface area is 142 Å². The number of ketones is 1. The van der Waals surface area contributed by atoms with Crippen LogP contribution < -0.4 is 9.47 Å². The van der Waals surface area contributed by atoms with Crippen LogP contribution in [0.3, 0.4) is 0 Å². The molecule has 0 bridgehead atoms. The summed E-state index contributed by atoms with van der Waals surface area (Å²) in [5, 5.41) is 0. The highest BCUT2D eigenvalue weighted by Crippen LogP contribution is 2.32. The van der Waals surface area contributed by atoms with Gasteiger partial charge in [-0.2, -0.15) is 0 Å². The first-order chi connectivity index (χ1) is 11.4. The molecule has 0 saturated carbocycles. The molecule has 1 atom stereocenters. The summed E-state index contributed by atoms with van der Waals surface area (Å²) in [6, 6.07) is 5.11. The van der Waals surface area contributed by atoms with E-state index >= 15 is 0 Å². The van der Waals surface area contributed by atoms with Gasteiger partial charge in [-0.15, -0.1) is 0 Å². The van der Waals surface area contributed by atoms with Crippen molar-refractivity contribution in [1.82, 2.24) is 4.90 Å². The molecule has 2 rings (SSSR count). The number of likely N-dealkylation sites (tertiary alicyclic amines) is 1. The van der Waals surface area contributed by atoms with E-state index in [1.807, 2.05) is 11.9 Å². The molecule has 1 aliphatic heterocycles. The highest BCUT2D eigenvalue weighted by molar-refractivity contribution is 6.24. The number of carbonyl (C=O) groups excluding carboxylic acids is 2. The number of allylic oxidation sites excluding steroid dienone is 1. The van der Waals surface area contributed by atoms with Crippen LogP contribution in [-0.4, -0.2) is 51.1 Å². The number of hydrogen-bond donors (Lipinski definition) is 0. The van der Waals surface area contributed by atoms with E-state index in [1.54, 1.807) is 18.2 Å². The molecular weight excluding hydrogens is 310 g/mol. The SMILES string of the molecule is COC(=O)/C(C(=O)c1ccc(OC)c(OC)c1)=C1\CCC(C)N1C. The number of benzene rings is 1. The number of nitrogens with zero attached hydrogens (tertiary/aromatic N) is 1. The fourth-order valence-electron chi connectivity index (χ4n) is 2.85. The van der Waals surface area contributed by atoms with Crippen LogP contribution in [0.25, 0.3) is 0 Å². The first-order valence-corrected chi connectivity index (χ1v) is 7.75. The van der Waals surface area contributed by atoms with E-state index in [-0.39, 0.29) is 17.4 Å². The van der Waals surface area contributed by atoms with Gasteiger partial charge in [-0.25, -0.2) is 4.79 Å². The lowest BCUT2D eigenvalue weighted by atomic mass is 10.00. The summed E-state index contributed by atoms with van der Waals surface area (Å²) in [5.41, 5.74) is 1.15. The molecule has 24 heavy (non-hydrogen) atoms. The third-order valence-electron chi connectivity index (χ3n) is 4.44. The van der Waals surface area contributed by atoms with Gasteiger partial charge in [-0.1, -0.05) is 0 Å². The molecule has 1 aromatic carbocycles. The summed E-state index contributed by atoms with van der Waals surface area (Å²) in [6.45, 7) is 2.06. The maximum Gasteiger partial charge on any atom is 0.343 e. The zero-order valence-corrected chi connectivity index (χ0v) is 14.7. The van der Waals surface area contributed by atoms with Crippen molar-refractivity contribution in [3.8, 4) is 11.5 Å². The minimum Gasteiger partial charge on any atom is -0.493 e. The summed E-state index contributed by atoms with van der Waals surface area (Å²) in [4.78, 5) is 27.2. The van der Waals surface area contributed by atoms with Crippen LogP contribution >= 0.6 is 0 Å². The molecule has 6 nitrogen and oxygen atoms in total. The van der Waals surface area contributed by atoms with Gasteiger partial charge in [-0.3, -0.25) is 4.79 Å². The lowest BCUT2D eigenvalue weighted by molar-refractivity contribution is -0.135. The highest BCUT2D eigenvalue weighted by Gasteiger charge is 2.32. The molecule has 1 unspecified atom stereocenters. The second-order valence-corrected chi connectivity index (χ2v) is 5.71. The highest BCUT2D eigenvalue weighted by atomic mass is 16.5. The van der Waals surface area contributed by atoms with E-state index in [4.69, 9.17) is 14.2 Å². The summed E-state index contributed by atoms with van der Waals surface area (Å²) in [6.07, 6.45) is 1.56. The molecule has 6 heteroatoms. The van der Waals surface area contributed by atoms with Crippen molar-refractivity contribution in [2.75, 3.05) is 28.4 Å². The maximum atomic E-state index is 13.0. The summed E-state index contributed by atoms with van der Waals surface area (Å²) >= 11 is 0. The van der Waals surface area contributed by atoms with Crippen LogP contribution in [0.2, 0.25) is 0 Å². The normalized spacial score (nSPS) is 19.0. The second kappa shape index (κ2) is 7.38. The predicted octanol–water partition coefficient (Wildman–Crippen LogP) is 2.43. The predicted molar refractivity (Wildman–Crippen MR) is 89.4 cm³/mol. The summed E-state index contributed by atoms with van der Waals surface area (Å²) in [5.74, 6) is -0.0388. The van der Waals surface area contributed by atoms with Crippen LogP contribution in [-0.2, 0) is 9.53 Å². The van der Waals surface area contributed by atoms with Gasteiger partial charge in [0.25, 0.3) is 0 Å². The third kappa shape index (κ3) is 3.22. The third-order valence-corrected chi connectivity index (χ3v) is 4.44. The van der Waals surface area contributed by atoms with Crippen LogP contribution in [0.1, 0.15) is 30.1 Å². The van der Waals surface area contributed by atoms with Crippen molar-refractivity contribution in [2.45, 2.75) is 25.8 Å². The first kappa shape index (κ1) is 17.8. The molecule has 0 aliphatic carbocycles. The van der Waals surface area contributed by atoms with E-state index in [9.17, 15) is 9.59 Å². The summed E-state index contributed by atoms with van der Waals surface area (Å²) in [7, 11) is 6.19. The van der Waals surface area contributed by atoms with E-state index < -0.39 is 5.97 Å². The lowest BCUT2D eigenvalue weighted by Crippen LogP contribution is -2.26. The Kier molecular flexibility index (Phi) is 5.49. The Bertz CT molecular complexity index is 680. The second-order valence-electron chi connectivity index (χ2n) is 5.71. The van der Waals surface area contributed by atoms with Gasteiger partial charge in [0.15, 0.2) is 11.5 Å². The smallest absolute Gasteiger partial charge is 0.343 e. The number of Topliss-reactive ketones (excluding diaryl/α,β-unsaturated/α-hetero) is 1. The molecule has 0 radical (unpaired) electrons. The Morgan fingerprint density at radius 1 is 1.12 bits per heavy atom. The molecule has 1 fully saturated rings. The fourth-order valence-corrected chi connectivity index (χ4v) is 2.85. The van der Waals surface area contributed by atoms with Crippen molar-refractivity contribution in [1.29, 1.82) is 0 Å². The minimum atomic E-state index is -0.620. The van der Waals surface area contributed by atoms with Gasteiger partial charge in [0.1, 0.15) is 5.57 Å². The summed E-state index contributed by atoms with van der Waals surface area (Å²) < 4.78 is 15.3. The molecule has 0 amide bonds. The van der Waals surface area contributed by atoms with Crippen molar-refractivity contribution in [3.05, 3.63) is 35.0 Å². The Morgan fingerprint density at radius 2 is 1.79 bits per heavy atom. The van der Waals surface area contributed by atoms with E-state index in [0.717, 1.165) is 6.42 Å². The number of ether oxygens (including phenoxy) is 3. The van der Waals surface area contributed by atoms with Crippen LogP contribution in [0, 0.1) is 0 Å². The topological polar surface area (TPSA) is 65.1 Å². The fraction of sp³-hybridized carbons (Fsp3) is 0.444. The van der Waals surface area contributed by atoms with Gasteiger partial charge in [0.2, 0.25) is 5.78 Å². The zero-order chi connectivity index (χ0) is 17.9. The first-order valence-electron chi connectivity index (χ1n) is 7.75. The van der Waals surface area contributed by atoms with Crippen LogP contribution in [0.4, 0.5) is 0 Å². The Balaban J connectivity index is 2.50. The number of rotatable bonds is 5. The van der Waals surface area contributed by atoms with E-state index in [1.165, 1.54) is 21.3 Å². The molecule has 1 aromatic rings. The number of methoxy groups -OCH3 is 3. The van der Waals surface area contributed by atoms with Gasteiger partial charge in [-0.05, 0) is 38.0 Å². The average molecular weight is 333 g/mol. The van der Waals surface area contributed by atoms with Crippen molar-refractivity contribution >= 4 is 11.8 Å². The molecule has 0 N–H and O–H groups in total. The van der Waals surface area contributed by atoms with Gasteiger partial charge in [0.05, 0.1) is 21.3 Å². The standard InChI is InChI=1S/C18H23NO5/c1-11-6-8-13(19(11)2)16(18(21)24-5)17(20)12-7-9-14(22-3)15(10-12)23-4/h7,9-11H,6,8H2,1-5H3/b16-13+. The molecule has 1 saturated heterocycles. The van der Waals surface area contributed by atoms with Crippen molar-refractivity contribution < 1.29 is 23.8 Å². The maximum absolute atomic E-state index is 13.0. The molecule has 130 valence electrons. The monoisotopic (exact) mass is 333 g/mol.